The molecular weight excluding hydrogens is 345 g/mol. The Bertz CT molecular complexity index is 941. The quantitative estimate of drug-likeness (QED) is 0.734. The number of benzene rings is 2. The summed E-state index contributed by atoms with van der Waals surface area (Å²) >= 11 is 0. The van der Waals surface area contributed by atoms with E-state index >= 15 is 0 Å². The van der Waals surface area contributed by atoms with E-state index < -0.39 is 23.2 Å². The fourth-order valence-electron chi connectivity index (χ4n) is 2.22. The van der Waals surface area contributed by atoms with Crippen LogP contribution in [0.25, 0.3) is 0 Å². The molecule has 26 heavy (non-hydrogen) atoms. The molecule has 0 atom stereocenters. The number of hydrogen-bond donors (Lipinski definition) is 2. The van der Waals surface area contributed by atoms with Gasteiger partial charge in [0.1, 0.15) is 40.5 Å². The first kappa shape index (κ1) is 17.4. The highest BCUT2D eigenvalue weighted by Crippen LogP contribution is 2.20. The number of carbonyl (C=O) groups excluding carboxylic acids is 1. The van der Waals surface area contributed by atoms with Gasteiger partial charge >= 0.3 is 0 Å². The van der Waals surface area contributed by atoms with Crippen LogP contribution < -0.4 is 10.6 Å². The first-order valence-electron chi connectivity index (χ1n) is 7.56. The lowest BCUT2D eigenvalue weighted by molar-refractivity contribution is 0.102. The normalized spacial score (nSPS) is 10.5. The molecule has 0 saturated heterocycles. The Morgan fingerprint density at radius 2 is 1.62 bits per heavy atom. The van der Waals surface area contributed by atoms with Gasteiger partial charge in [0.25, 0.3) is 5.91 Å². The van der Waals surface area contributed by atoms with E-state index in [0.717, 1.165) is 12.1 Å². The molecule has 0 aliphatic heterocycles. The van der Waals surface area contributed by atoms with E-state index in [4.69, 9.17) is 0 Å². The second kappa shape index (κ2) is 7.22. The van der Waals surface area contributed by atoms with Gasteiger partial charge in [-0.25, -0.2) is 23.1 Å². The van der Waals surface area contributed by atoms with Crippen LogP contribution in [-0.4, -0.2) is 15.9 Å². The SMILES string of the molecule is Cc1nc(Nc2ccc(F)cc2)cc(C(=O)Nc2c(F)cccc2F)n1. The van der Waals surface area contributed by atoms with Crippen molar-refractivity contribution in [2.24, 2.45) is 0 Å². The fraction of sp³-hybridized carbons (Fsp3) is 0.0556. The van der Waals surface area contributed by atoms with Crippen molar-refractivity contribution in [3.63, 3.8) is 0 Å². The number of nitrogens with one attached hydrogen (secondary N) is 2. The molecule has 8 heteroatoms. The maximum Gasteiger partial charge on any atom is 0.274 e. The predicted octanol–water partition coefficient (Wildman–Crippen LogP) is 4.20. The summed E-state index contributed by atoms with van der Waals surface area (Å²) in [6.07, 6.45) is 0. The van der Waals surface area contributed by atoms with E-state index in [-0.39, 0.29) is 23.2 Å². The molecule has 1 aromatic heterocycles. The fourth-order valence-corrected chi connectivity index (χ4v) is 2.22. The van der Waals surface area contributed by atoms with Crippen molar-refractivity contribution in [3.8, 4) is 0 Å². The number of carbonyl (C=O) groups is 1. The first-order valence-corrected chi connectivity index (χ1v) is 7.56. The van der Waals surface area contributed by atoms with Gasteiger partial charge in [-0.1, -0.05) is 6.07 Å². The number of hydrogen-bond acceptors (Lipinski definition) is 4. The summed E-state index contributed by atoms with van der Waals surface area (Å²) in [6, 6.07) is 10.1. The lowest BCUT2D eigenvalue weighted by Crippen LogP contribution is -2.17. The zero-order valence-electron chi connectivity index (χ0n) is 13.6. The first-order chi connectivity index (χ1) is 12.4. The molecule has 0 radical (unpaired) electrons. The van der Waals surface area contributed by atoms with Crippen LogP contribution in [0.5, 0.6) is 0 Å². The number of aromatic nitrogens is 2. The van der Waals surface area contributed by atoms with E-state index in [1.165, 1.54) is 36.4 Å². The molecule has 2 aromatic carbocycles. The molecule has 1 heterocycles. The summed E-state index contributed by atoms with van der Waals surface area (Å²) in [4.78, 5) is 20.4. The lowest BCUT2D eigenvalue weighted by atomic mass is 10.2. The second-order valence-electron chi connectivity index (χ2n) is 5.37. The van der Waals surface area contributed by atoms with E-state index in [0.29, 0.717) is 5.69 Å². The van der Waals surface area contributed by atoms with E-state index in [1.807, 2.05) is 0 Å². The number of anilines is 3. The van der Waals surface area contributed by atoms with E-state index in [2.05, 4.69) is 20.6 Å². The lowest BCUT2D eigenvalue weighted by Gasteiger charge is -2.10. The van der Waals surface area contributed by atoms with Gasteiger partial charge in [0.2, 0.25) is 0 Å². The summed E-state index contributed by atoms with van der Waals surface area (Å²) < 4.78 is 40.3. The average molecular weight is 358 g/mol. The molecule has 0 fully saturated rings. The van der Waals surface area contributed by atoms with Gasteiger partial charge in [-0.05, 0) is 43.3 Å². The van der Waals surface area contributed by atoms with Crippen LogP contribution >= 0.6 is 0 Å². The summed E-state index contributed by atoms with van der Waals surface area (Å²) in [5.41, 5.74) is -0.0809. The maximum absolute atomic E-state index is 13.7. The van der Waals surface area contributed by atoms with Gasteiger partial charge in [0.05, 0.1) is 0 Å². The van der Waals surface area contributed by atoms with Crippen LogP contribution in [0.4, 0.5) is 30.4 Å². The molecule has 0 spiro atoms. The molecule has 2 N–H and O–H groups in total. The average Bonchev–Trinajstić information content (AvgIpc) is 2.59. The van der Waals surface area contributed by atoms with Crippen molar-refractivity contribution in [3.05, 3.63) is 77.5 Å². The van der Waals surface area contributed by atoms with Gasteiger partial charge in [-0.15, -0.1) is 0 Å². The number of halogens is 3. The van der Waals surface area contributed by atoms with Gasteiger partial charge < -0.3 is 10.6 Å². The summed E-state index contributed by atoms with van der Waals surface area (Å²) in [7, 11) is 0. The molecular formula is C18H13F3N4O. The molecule has 0 aliphatic rings. The molecule has 0 saturated carbocycles. The molecule has 5 nitrogen and oxygen atoms in total. The molecule has 0 aliphatic carbocycles. The number of nitrogens with zero attached hydrogens (tertiary/aromatic N) is 2. The van der Waals surface area contributed by atoms with Crippen LogP contribution in [0, 0.1) is 24.4 Å². The van der Waals surface area contributed by atoms with Crippen molar-refractivity contribution in [1.82, 2.24) is 9.97 Å². The second-order valence-corrected chi connectivity index (χ2v) is 5.37. The topological polar surface area (TPSA) is 66.9 Å². The van der Waals surface area contributed by atoms with Gasteiger partial charge in [0, 0.05) is 11.8 Å². The highest BCUT2D eigenvalue weighted by Gasteiger charge is 2.16. The Morgan fingerprint density at radius 1 is 0.962 bits per heavy atom. The maximum atomic E-state index is 13.7. The Labute approximate surface area is 146 Å². The van der Waals surface area contributed by atoms with Crippen LogP contribution in [0.1, 0.15) is 16.3 Å². The van der Waals surface area contributed by atoms with Crippen molar-refractivity contribution in [2.75, 3.05) is 10.6 Å². The van der Waals surface area contributed by atoms with Crippen molar-refractivity contribution in [2.45, 2.75) is 6.92 Å². The van der Waals surface area contributed by atoms with Gasteiger partial charge in [-0.2, -0.15) is 0 Å². The van der Waals surface area contributed by atoms with E-state index in [9.17, 15) is 18.0 Å². The third-order valence-corrected chi connectivity index (χ3v) is 3.39. The highest BCUT2D eigenvalue weighted by molar-refractivity contribution is 6.03. The minimum absolute atomic E-state index is 0.0789. The number of aryl methyl sites for hydroxylation is 1. The zero-order chi connectivity index (χ0) is 18.7. The summed E-state index contributed by atoms with van der Waals surface area (Å²) in [5, 5.41) is 5.07. The van der Waals surface area contributed by atoms with Crippen molar-refractivity contribution < 1.29 is 18.0 Å². The zero-order valence-corrected chi connectivity index (χ0v) is 13.6. The monoisotopic (exact) mass is 358 g/mol. The van der Waals surface area contributed by atoms with Crippen LogP contribution in [0.3, 0.4) is 0 Å². The smallest absolute Gasteiger partial charge is 0.274 e. The van der Waals surface area contributed by atoms with Gasteiger partial charge in [-0.3, -0.25) is 4.79 Å². The van der Waals surface area contributed by atoms with Crippen molar-refractivity contribution >= 4 is 23.1 Å². The largest absolute Gasteiger partial charge is 0.340 e. The third-order valence-electron chi connectivity index (χ3n) is 3.39. The number of para-hydroxylation sites is 1. The van der Waals surface area contributed by atoms with Crippen LogP contribution in [-0.2, 0) is 0 Å². The Morgan fingerprint density at radius 3 is 2.27 bits per heavy atom. The molecule has 1 amide bonds. The Kier molecular flexibility index (Phi) is 4.83. The standard InChI is InChI=1S/C18H13F3N4O/c1-10-22-15(18(26)25-17-13(20)3-2-4-14(17)21)9-16(23-10)24-12-7-5-11(19)6-8-12/h2-9H,1H3,(H,25,26)(H,22,23,24). The molecule has 132 valence electrons. The Hall–Kier alpha value is -3.42. The van der Waals surface area contributed by atoms with Gasteiger partial charge in [0.15, 0.2) is 0 Å². The van der Waals surface area contributed by atoms with Crippen LogP contribution in [0.2, 0.25) is 0 Å². The third kappa shape index (κ3) is 3.97. The van der Waals surface area contributed by atoms with Crippen molar-refractivity contribution in [1.29, 1.82) is 0 Å². The molecule has 0 unspecified atom stereocenters. The number of amides is 1. The number of rotatable bonds is 4. The van der Waals surface area contributed by atoms with Crippen LogP contribution in [0.15, 0.2) is 48.5 Å². The predicted molar refractivity (Wildman–Crippen MR) is 90.8 cm³/mol. The molecule has 0 bridgehead atoms. The minimum atomic E-state index is -0.895. The highest BCUT2D eigenvalue weighted by atomic mass is 19.1. The Balaban J connectivity index is 1.84. The summed E-state index contributed by atoms with van der Waals surface area (Å²) in [5.74, 6) is -2.41. The molecule has 3 aromatic rings. The summed E-state index contributed by atoms with van der Waals surface area (Å²) in [6.45, 7) is 1.57. The van der Waals surface area contributed by atoms with E-state index in [1.54, 1.807) is 6.92 Å². The molecule has 3 rings (SSSR count). The minimum Gasteiger partial charge on any atom is -0.340 e.